The number of aromatic nitrogens is 2. The van der Waals surface area contributed by atoms with Gasteiger partial charge in [-0.05, 0) is 23.8 Å². The summed E-state index contributed by atoms with van der Waals surface area (Å²) in [7, 11) is 0. The molecule has 0 saturated carbocycles. The van der Waals surface area contributed by atoms with Gasteiger partial charge in [-0.2, -0.15) is 5.26 Å². The largest absolute Gasteiger partial charge is 0.369 e. The van der Waals surface area contributed by atoms with Crippen LogP contribution in [0.5, 0.6) is 0 Å². The predicted octanol–water partition coefficient (Wildman–Crippen LogP) is 2.21. The molecule has 0 unspecified atom stereocenters. The van der Waals surface area contributed by atoms with Gasteiger partial charge in [-0.15, -0.1) is 0 Å². The van der Waals surface area contributed by atoms with E-state index in [1.54, 1.807) is 35.2 Å². The maximum Gasteiger partial charge on any atom is 0.200 e. The number of anilines is 1. The highest BCUT2D eigenvalue weighted by Crippen LogP contribution is 2.11. The van der Waals surface area contributed by atoms with Crippen molar-refractivity contribution in [3.8, 4) is 6.07 Å². The van der Waals surface area contributed by atoms with E-state index in [9.17, 15) is 4.39 Å². The molecule has 0 aliphatic heterocycles. The van der Waals surface area contributed by atoms with Crippen molar-refractivity contribution in [2.75, 3.05) is 5.73 Å². The summed E-state index contributed by atoms with van der Waals surface area (Å²) in [4.78, 5) is 3.88. The summed E-state index contributed by atoms with van der Waals surface area (Å²) in [6.45, 7) is 0.347. The Bertz CT molecular complexity index is 605. The lowest BCUT2D eigenvalue weighted by atomic mass is 10.1. The molecule has 2 N–H and O–H groups in total. The molecule has 1 heterocycles. The molecule has 2 rings (SSSR count). The third-order valence-corrected chi connectivity index (χ3v) is 2.44. The first-order valence-corrected chi connectivity index (χ1v) is 5.32. The van der Waals surface area contributed by atoms with Crippen LogP contribution in [0.15, 0.2) is 42.2 Å². The van der Waals surface area contributed by atoms with Gasteiger partial charge in [0.15, 0.2) is 5.95 Å². The minimum absolute atomic E-state index is 0.301. The van der Waals surface area contributed by atoms with E-state index in [1.165, 1.54) is 12.1 Å². The average Bonchev–Trinajstić information content (AvgIpc) is 2.77. The van der Waals surface area contributed by atoms with Crippen LogP contribution in [0, 0.1) is 17.1 Å². The molecule has 0 amide bonds. The Labute approximate surface area is 104 Å². The summed E-state index contributed by atoms with van der Waals surface area (Å²) in [5.41, 5.74) is 6.91. The fraction of sp³-hybridized carbons (Fsp3) is 0.0769. The fourth-order valence-corrected chi connectivity index (χ4v) is 1.53. The van der Waals surface area contributed by atoms with Gasteiger partial charge in [0.25, 0.3) is 0 Å². The molecule has 1 aromatic heterocycles. The molecule has 1 aromatic carbocycles. The highest BCUT2D eigenvalue weighted by Gasteiger charge is 2.02. The van der Waals surface area contributed by atoms with Crippen molar-refractivity contribution in [1.29, 1.82) is 5.26 Å². The van der Waals surface area contributed by atoms with Gasteiger partial charge in [-0.25, -0.2) is 9.37 Å². The number of benzene rings is 1. The normalized spacial score (nSPS) is 11.2. The van der Waals surface area contributed by atoms with E-state index in [1.807, 2.05) is 0 Å². The molecule has 0 saturated heterocycles. The Hall–Kier alpha value is -2.61. The van der Waals surface area contributed by atoms with E-state index < -0.39 is 0 Å². The highest BCUT2D eigenvalue weighted by atomic mass is 19.1. The standard InChI is InChI=1S/C13H11FN4/c14-12-3-1-10(2-4-12)7-11(8-15)9-18-6-5-17-13(18)16/h1-7H,9H2,(H2,16,17)/b11-7-. The van der Waals surface area contributed by atoms with E-state index in [2.05, 4.69) is 11.1 Å². The lowest BCUT2D eigenvalue weighted by Crippen LogP contribution is -2.03. The molecule has 0 atom stereocenters. The van der Waals surface area contributed by atoms with Gasteiger partial charge in [0.2, 0.25) is 0 Å². The van der Waals surface area contributed by atoms with Gasteiger partial charge in [-0.1, -0.05) is 12.1 Å². The average molecular weight is 242 g/mol. The Balaban J connectivity index is 2.21. The minimum atomic E-state index is -0.301. The topological polar surface area (TPSA) is 67.6 Å². The molecule has 0 bridgehead atoms. The molecule has 2 aromatic rings. The van der Waals surface area contributed by atoms with Crippen LogP contribution in [0.1, 0.15) is 5.56 Å². The number of imidazole rings is 1. The van der Waals surface area contributed by atoms with Crippen LogP contribution in [-0.4, -0.2) is 9.55 Å². The second-order valence-corrected chi connectivity index (χ2v) is 3.75. The zero-order valence-corrected chi connectivity index (χ0v) is 9.55. The van der Waals surface area contributed by atoms with Gasteiger partial charge in [0, 0.05) is 18.0 Å². The molecule has 0 aliphatic rings. The van der Waals surface area contributed by atoms with Crippen LogP contribution in [0.4, 0.5) is 10.3 Å². The first-order chi connectivity index (χ1) is 8.69. The van der Waals surface area contributed by atoms with Gasteiger partial charge < -0.3 is 10.3 Å². The molecule has 0 spiro atoms. The first kappa shape index (κ1) is 11.9. The summed E-state index contributed by atoms with van der Waals surface area (Å²) in [6, 6.07) is 8.03. The Morgan fingerprint density at radius 2 is 2.17 bits per heavy atom. The van der Waals surface area contributed by atoms with E-state index in [-0.39, 0.29) is 5.82 Å². The second kappa shape index (κ2) is 5.15. The van der Waals surface area contributed by atoms with Crippen molar-refractivity contribution >= 4 is 12.0 Å². The van der Waals surface area contributed by atoms with Crippen LogP contribution >= 0.6 is 0 Å². The van der Waals surface area contributed by atoms with Crippen molar-refractivity contribution in [2.24, 2.45) is 0 Å². The third-order valence-electron chi connectivity index (χ3n) is 2.44. The number of rotatable bonds is 3. The maximum atomic E-state index is 12.7. The van der Waals surface area contributed by atoms with E-state index in [4.69, 9.17) is 11.0 Å². The van der Waals surface area contributed by atoms with E-state index in [0.717, 1.165) is 5.56 Å². The maximum absolute atomic E-state index is 12.7. The van der Waals surface area contributed by atoms with Crippen LogP contribution in [0.2, 0.25) is 0 Å². The number of nitriles is 1. The van der Waals surface area contributed by atoms with Gasteiger partial charge in [0.05, 0.1) is 12.6 Å². The van der Waals surface area contributed by atoms with Gasteiger partial charge in [-0.3, -0.25) is 0 Å². The summed E-state index contributed by atoms with van der Waals surface area (Å²) >= 11 is 0. The SMILES string of the molecule is N#C/C(=C/c1ccc(F)cc1)Cn1ccnc1N. The van der Waals surface area contributed by atoms with Gasteiger partial charge >= 0.3 is 0 Å². The molecule has 90 valence electrons. The number of hydrogen-bond donors (Lipinski definition) is 1. The molecular weight excluding hydrogens is 231 g/mol. The summed E-state index contributed by atoms with van der Waals surface area (Å²) in [5.74, 6) is 0.0553. The number of allylic oxidation sites excluding steroid dienone is 1. The van der Waals surface area contributed by atoms with Crippen LogP contribution < -0.4 is 5.73 Å². The number of nitrogen functional groups attached to an aromatic ring is 1. The molecular formula is C13H11FN4. The van der Waals surface area contributed by atoms with Crippen molar-refractivity contribution in [3.05, 3.63) is 53.6 Å². The second-order valence-electron chi connectivity index (χ2n) is 3.75. The van der Waals surface area contributed by atoms with E-state index >= 15 is 0 Å². The van der Waals surface area contributed by atoms with Crippen LogP contribution in [-0.2, 0) is 6.54 Å². The van der Waals surface area contributed by atoms with Crippen LogP contribution in [0.25, 0.3) is 6.08 Å². The van der Waals surface area contributed by atoms with Crippen LogP contribution in [0.3, 0.4) is 0 Å². The predicted molar refractivity (Wildman–Crippen MR) is 66.6 cm³/mol. The Morgan fingerprint density at radius 3 is 2.72 bits per heavy atom. The number of nitrogens with two attached hydrogens (primary N) is 1. The molecule has 18 heavy (non-hydrogen) atoms. The monoisotopic (exact) mass is 242 g/mol. The van der Waals surface area contributed by atoms with Crippen molar-refractivity contribution in [2.45, 2.75) is 6.54 Å². The lowest BCUT2D eigenvalue weighted by Gasteiger charge is -2.03. The van der Waals surface area contributed by atoms with Crippen molar-refractivity contribution < 1.29 is 4.39 Å². The Kier molecular flexibility index (Phi) is 3.39. The summed E-state index contributed by atoms with van der Waals surface area (Å²) in [5, 5.41) is 9.06. The van der Waals surface area contributed by atoms with Gasteiger partial charge in [0.1, 0.15) is 5.82 Å². The zero-order chi connectivity index (χ0) is 13.0. The molecule has 5 heteroatoms. The minimum Gasteiger partial charge on any atom is -0.369 e. The molecule has 0 aliphatic carbocycles. The van der Waals surface area contributed by atoms with Crippen molar-refractivity contribution in [3.63, 3.8) is 0 Å². The zero-order valence-electron chi connectivity index (χ0n) is 9.55. The molecule has 0 radical (unpaired) electrons. The van der Waals surface area contributed by atoms with Crippen molar-refractivity contribution in [1.82, 2.24) is 9.55 Å². The summed E-state index contributed by atoms with van der Waals surface area (Å²) < 4.78 is 14.4. The number of nitrogens with zero attached hydrogens (tertiary/aromatic N) is 3. The molecule has 0 fully saturated rings. The highest BCUT2D eigenvalue weighted by molar-refractivity contribution is 5.56. The third kappa shape index (κ3) is 2.74. The number of hydrogen-bond acceptors (Lipinski definition) is 3. The lowest BCUT2D eigenvalue weighted by molar-refractivity contribution is 0.628. The number of halogens is 1. The van der Waals surface area contributed by atoms with E-state index in [0.29, 0.717) is 18.1 Å². The smallest absolute Gasteiger partial charge is 0.200 e. The Morgan fingerprint density at radius 1 is 1.44 bits per heavy atom. The first-order valence-electron chi connectivity index (χ1n) is 5.32. The summed E-state index contributed by atoms with van der Waals surface area (Å²) in [6.07, 6.45) is 4.96. The molecule has 4 nitrogen and oxygen atoms in total. The fourth-order valence-electron chi connectivity index (χ4n) is 1.53. The quantitative estimate of drug-likeness (QED) is 0.839.